The number of pyridine rings is 2. The summed E-state index contributed by atoms with van der Waals surface area (Å²) in [4.78, 5) is 9.53. The molecule has 2 aliphatic rings. The molecule has 0 aromatic carbocycles. The van der Waals surface area contributed by atoms with E-state index in [2.05, 4.69) is 70.8 Å². The van der Waals surface area contributed by atoms with Crippen LogP contribution in [0.3, 0.4) is 0 Å². The van der Waals surface area contributed by atoms with Gasteiger partial charge in [-0.05, 0) is 66.2 Å². The van der Waals surface area contributed by atoms with Gasteiger partial charge >= 0.3 is 0 Å². The van der Waals surface area contributed by atoms with Crippen molar-refractivity contribution < 1.29 is 0 Å². The van der Waals surface area contributed by atoms with E-state index < -0.39 is 0 Å². The summed E-state index contributed by atoms with van der Waals surface area (Å²) in [6.45, 7) is 13.9. The molecule has 2 aromatic heterocycles. The molecule has 0 saturated heterocycles. The molecule has 3 unspecified atom stereocenters. The van der Waals surface area contributed by atoms with E-state index in [1.54, 1.807) is 0 Å². The van der Waals surface area contributed by atoms with Gasteiger partial charge in [-0.3, -0.25) is 9.97 Å². The summed E-state index contributed by atoms with van der Waals surface area (Å²) < 4.78 is 0. The first-order valence-corrected chi connectivity index (χ1v) is 13.2. The lowest BCUT2D eigenvalue weighted by Gasteiger charge is -2.36. The fourth-order valence-corrected chi connectivity index (χ4v) is 5.61. The molecule has 1 aliphatic carbocycles. The van der Waals surface area contributed by atoms with E-state index in [0.717, 1.165) is 41.6 Å². The Morgan fingerprint density at radius 1 is 0.794 bits per heavy atom. The summed E-state index contributed by atoms with van der Waals surface area (Å²) in [6.07, 6.45) is 12.5. The van der Waals surface area contributed by atoms with Gasteiger partial charge in [-0.2, -0.15) is 10.2 Å². The molecule has 0 spiro atoms. The summed E-state index contributed by atoms with van der Waals surface area (Å²) >= 11 is 0. The number of fused-ring (bicyclic) bond motifs is 1. The average molecular weight is 459 g/mol. The van der Waals surface area contributed by atoms with Crippen molar-refractivity contribution in [3.63, 3.8) is 0 Å². The lowest BCUT2D eigenvalue weighted by Crippen LogP contribution is -2.36. The second-order valence-electron chi connectivity index (χ2n) is 12.2. The number of nitrogens with zero attached hydrogens (tertiary/aromatic N) is 4. The quantitative estimate of drug-likeness (QED) is 0.463. The van der Waals surface area contributed by atoms with Crippen molar-refractivity contribution in [1.82, 2.24) is 9.97 Å². The Bertz CT molecular complexity index is 1010. The fourth-order valence-electron chi connectivity index (χ4n) is 5.61. The van der Waals surface area contributed by atoms with Crippen LogP contribution in [0.2, 0.25) is 0 Å². The molecular weight excluding hydrogens is 416 g/mol. The van der Waals surface area contributed by atoms with Crippen LogP contribution in [0, 0.1) is 23.2 Å². The van der Waals surface area contributed by atoms with Crippen molar-refractivity contribution in [3.05, 3.63) is 59.7 Å². The summed E-state index contributed by atoms with van der Waals surface area (Å²) in [7, 11) is 0. The van der Waals surface area contributed by atoms with Gasteiger partial charge in [0.25, 0.3) is 0 Å². The van der Waals surface area contributed by atoms with Crippen LogP contribution in [0.1, 0.15) is 103 Å². The predicted molar refractivity (Wildman–Crippen MR) is 142 cm³/mol. The van der Waals surface area contributed by atoms with Gasteiger partial charge in [-0.1, -0.05) is 72.9 Å². The number of hydrogen-bond donors (Lipinski definition) is 0. The highest BCUT2D eigenvalue weighted by atomic mass is 15.2. The van der Waals surface area contributed by atoms with E-state index >= 15 is 0 Å². The molecule has 182 valence electrons. The summed E-state index contributed by atoms with van der Waals surface area (Å²) in [5, 5.41) is 9.60. The zero-order valence-corrected chi connectivity index (χ0v) is 22.0. The maximum absolute atomic E-state index is 4.87. The molecule has 1 fully saturated rings. The Hall–Kier alpha value is -2.36. The minimum Gasteiger partial charge on any atom is -0.255 e. The van der Waals surface area contributed by atoms with E-state index in [-0.39, 0.29) is 5.41 Å². The van der Waals surface area contributed by atoms with Crippen LogP contribution < -0.4 is 0 Å². The van der Waals surface area contributed by atoms with Crippen molar-refractivity contribution in [2.45, 2.75) is 91.9 Å². The Balaban J connectivity index is 1.65. The SMILES string of the molecule is CCC(C)(C)CC1CCCC2C(c3ccc(C(C)(C)C)cn3)=NN=C(c3ccccn3)C2CC1. The maximum atomic E-state index is 4.87. The van der Waals surface area contributed by atoms with Crippen LogP contribution >= 0.6 is 0 Å². The molecule has 0 radical (unpaired) electrons. The smallest absolute Gasteiger partial charge is 0.0924 e. The highest BCUT2D eigenvalue weighted by Crippen LogP contribution is 2.41. The van der Waals surface area contributed by atoms with E-state index in [0.29, 0.717) is 17.3 Å². The third kappa shape index (κ3) is 5.64. The first-order valence-electron chi connectivity index (χ1n) is 13.2. The molecule has 3 heterocycles. The average Bonchev–Trinajstić information content (AvgIpc) is 2.81. The van der Waals surface area contributed by atoms with Gasteiger partial charge in [-0.15, -0.1) is 0 Å². The third-order valence-corrected chi connectivity index (χ3v) is 8.08. The van der Waals surface area contributed by atoms with Gasteiger partial charge in [-0.25, -0.2) is 0 Å². The second-order valence-corrected chi connectivity index (χ2v) is 12.2. The Labute approximate surface area is 206 Å². The number of aromatic nitrogens is 2. The van der Waals surface area contributed by atoms with Gasteiger partial charge in [0.2, 0.25) is 0 Å². The zero-order valence-electron chi connectivity index (χ0n) is 22.0. The lowest BCUT2D eigenvalue weighted by molar-refractivity contribution is 0.213. The molecule has 4 rings (SSSR count). The topological polar surface area (TPSA) is 50.5 Å². The van der Waals surface area contributed by atoms with Crippen molar-refractivity contribution in [2.24, 2.45) is 33.4 Å². The molecule has 4 heteroatoms. The van der Waals surface area contributed by atoms with Crippen molar-refractivity contribution in [2.75, 3.05) is 0 Å². The van der Waals surface area contributed by atoms with Crippen LogP contribution in [-0.2, 0) is 5.41 Å². The van der Waals surface area contributed by atoms with Gasteiger partial charge in [0.15, 0.2) is 0 Å². The van der Waals surface area contributed by atoms with Gasteiger partial charge in [0.1, 0.15) is 0 Å². The van der Waals surface area contributed by atoms with E-state index in [9.17, 15) is 0 Å². The zero-order chi connectivity index (χ0) is 24.3. The van der Waals surface area contributed by atoms with Crippen LogP contribution in [0.4, 0.5) is 0 Å². The second kappa shape index (κ2) is 10.1. The molecule has 2 aromatic rings. The molecule has 0 bridgehead atoms. The van der Waals surface area contributed by atoms with Crippen LogP contribution in [0.5, 0.6) is 0 Å². The van der Waals surface area contributed by atoms with Crippen LogP contribution in [0.25, 0.3) is 0 Å². The third-order valence-electron chi connectivity index (χ3n) is 8.08. The minimum absolute atomic E-state index is 0.0915. The molecule has 0 N–H and O–H groups in total. The van der Waals surface area contributed by atoms with E-state index in [1.165, 1.54) is 37.7 Å². The summed E-state index contributed by atoms with van der Waals surface area (Å²) in [5.74, 6) is 1.48. The molecule has 0 amide bonds. The highest BCUT2D eigenvalue weighted by molar-refractivity contribution is 6.10. The van der Waals surface area contributed by atoms with Crippen molar-refractivity contribution in [3.8, 4) is 0 Å². The van der Waals surface area contributed by atoms with Crippen molar-refractivity contribution >= 4 is 11.4 Å². The van der Waals surface area contributed by atoms with Crippen molar-refractivity contribution in [1.29, 1.82) is 0 Å². The normalized spacial score (nSPS) is 23.9. The Morgan fingerprint density at radius 2 is 1.50 bits per heavy atom. The largest absolute Gasteiger partial charge is 0.255 e. The molecule has 3 atom stereocenters. The maximum Gasteiger partial charge on any atom is 0.0924 e. The Kier molecular flexibility index (Phi) is 7.35. The predicted octanol–water partition coefficient (Wildman–Crippen LogP) is 7.62. The van der Waals surface area contributed by atoms with Gasteiger partial charge in [0, 0.05) is 24.2 Å². The first kappa shape index (κ1) is 24.8. The first-order chi connectivity index (χ1) is 16.2. The highest BCUT2D eigenvalue weighted by Gasteiger charge is 2.38. The van der Waals surface area contributed by atoms with E-state index in [1.807, 2.05) is 18.5 Å². The summed E-state index contributed by atoms with van der Waals surface area (Å²) in [5.41, 5.74) is 5.85. The lowest BCUT2D eigenvalue weighted by atomic mass is 9.69. The monoisotopic (exact) mass is 458 g/mol. The standard InChI is InChI=1S/C30H42N4/c1-7-30(5,6)19-21-11-10-12-23-24(16-14-21)28(25-13-8-9-18-31-25)34-33-27(23)26-17-15-22(20-32-26)29(2,3)4/h8-9,13,15,17-18,20-21,23-24H,7,10-12,14,16,19H2,1-6H3. The Morgan fingerprint density at radius 3 is 2.09 bits per heavy atom. The van der Waals surface area contributed by atoms with Crippen LogP contribution in [-0.4, -0.2) is 21.4 Å². The molecule has 1 saturated carbocycles. The molecule has 4 nitrogen and oxygen atoms in total. The fraction of sp³-hybridized carbons (Fsp3) is 0.600. The summed E-state index contributed by atoms with van der Waals surface area (Å²) in [6, 6.07) is 10.5. The minimum atomic E-state index is 0.0915. The number of rotatable bonds is 5. The van der Waals surface area contributed by atoms with E-state index in [4.69, 9.17) is 15.2 Å². The number of hydrogen-bond acceptors (Lipinski definition) is 4. The van der Waals surface area contributed by atoms with Crippen LogP contribution in [0.15, 0.2) is 52.9 Å². The van der Waals surface area contributed by atoms with Gasteiger partial charge < -0.3 is 0 Å². The molecular formula is C30H42N4. The molecule has 1 aliphatic heterocycles. The molecule has 34 heavy (non-hydrogen) atoms. The van der Waals surface area contributed by atoms with Gasteiger partial charge in [0.05, 0.1) is 22.8 Å².